The van der Waals surface area contributed by atoms with Crippen LogP contribution in [0.15, 0.2) is 0 Å². The summed E-state index contributed by atoms with van der Waals surface area (Å²) in [6, 6.07) is 0. The Hall–Kier alpha value is -1.14. The van der Waals surface area contributed by atoms with Crippen LogP contribution in [-0.2, 0) is 9.59 Å². The molecule has 0 aromatic carbocycles. The number of unbranched alkanes of at least 4 members (excludes halogenated alkanes) is 33. The van der Waals surface area contributed by atoms with E-state index in [4.69, 9.17) is 20.4 Å². The van der Waals surface area contributed by atoms with Gasteiger partial charge in [-0.05, 0) is 12.8 Å². The van der Waals surface area contributed by atoms with E-state index in [0.717, 1.165) is 25.7 Å². The number of aliphatic hydroxyl groups excluding tert-OH is 2. The number of hydrogen-bond acceptors (Lipinski definition) is 4. The van der Waals surface area contributed by atoms with Gasteiger partial charge >= 0.3 is 11.9 Å². The van der Waals surface area contributed by atoms with Gasteiger partial charge in [0.15, 0.2) is 0 Å². The normalized spacial score (nSPS) is 11.0. The zero-order valence-corrected chi connectivity index (χ0v) is 30.5. The first-order chi connectivity index (χ1) is 22.5. The molecule has 0 atom stereocenters. The zero-order chi connectivity index (χ0) is 34.0. The third-order valence-corrected chi connectivity index (χ3v) is 9.13. The molecule has 6 heteroatoms. The fourth-order valence-electron chi connectivity index (χ4n) is 6.21. The summed E-state index contributed by atoms with van der Waals surface area (Å²) in [5.74, 6) is -1.31. The van der Waals surface area contributed by atoms with Crippen LogP contribution >= 0.6 is 0 Å². The van der Waals surface area contributed by atoms with E-state index in [1.54, 1.807) is 0 Å². The number of carbonyl (C=O) groups is 2. The third kappa shape index (κ3) is 49.7. The van der Waals surface area contributed by atoms with Crippen molar-refractivity contribution in [1.29, 1.82) is 0 Å². The van der Waals surface area contributed by atoms with E-state index in [9.17, 15) is 9.59 Å². The monoisotopic (exact) mass is 657 g/mol. The van der Waals surface area contributed by atoms with Crippen molar-refractivity contribution in [3.8, 4) is 0 Å². The van der Waals surface area contributed by atoms with E-state index in [1.807, 2.05) is 0 Å². The van der Waals surface area contributed by atoms with E-state index in [2.05, 4.69) is 0 Å². The molecule has 0 aliphatic rings. The smallest absolute Gasteiger partial charge is 0.303 e. The Labute approximate surface area is 285 Å². The summed E-state index contributed by atoms with van der Waals surface area (Å²) in [6.45, 7) is -0.250. The van der Waals surface area contributed by atoms with Gasteiger partial charge in [-0.25, -0.2) is 0 Å². The minimum atomic E-state index is -0.653. The van der Waals surface area contributed by atoms with E-state index >= 15 is 0 Å². The molecule has 0 saturated carbocycles. The molecule has 0 spiro atoms. The number of aliphatic hydroxyl groups is 2. The first kappa shape index (κ1) is 47.0. The highest BCUT2D eigenvalue weighted by Gasteiger charge is 1.99. The average Bonchev–Trinajstić information content (AvgIpc) is 3.04. The highest BCUT2D eigenvalue weighted by Crippen LogP contribution is 2.17. The molecule has 0 unspecified atom stereocenters. The van der Waals surface area contributed by atoms with Crippen LogP contribution in [0.4, 0.5) is 0 Å². The summed E-state index contributed by atoms with van der Waals surface area (Å²) in [7, 11) is 0. The van der Waals surface area contributed by atoms with E-state index in [-0.39, 0.29) is 13.2 Å². The number of hydrogen-bond donors (Lipinski definition) is 4. The lowest BCUT2D eigenvalue weighted by Gasteiger charge is -2.05. The zero-order valence-electron chi connectivity index (χ0n) is 30.5. The van der Waals surface area contributed by atoms with Crippen molar-refractivity contribution in [2.75, 3.05) is 13.2 Å². The lowest BCUT2D eigenvalue weighted by Crippen LogP contribution is -1.93. The Kier molecular flexibility index (Phi) is 44.8. The molecule has 46 heavy (non-hydrogen) atoms. The summed E-state index contributed by atoms with van der Waals surface area (Å²) in [5.41, 5.74) is 0. The second-order valence-corrected chi connectivity index (χ2v) is 13.8. The number of carboxylic acid groups (broad SMARTS) is 2. The van der Waals surface area contributed by atoms with Crippen molar-refractivity contribution in [2.45, 2.75) is 231 Å². The van der Waals surface area contributed by atoms with Crippen LogP contribution < -0.4 is 0 Å². The van der Waals surface area contributed by atoms with Gasteiger partial charge in [-0.15, -0.1) is 0 Å². The van der Waals surface area contributed by atoms with Gasteiger partial charge in [-0.1, -0.05) is 205 Å². The van der Waals surface area contributed by atoms with Crippen molar-refractivity contribution in [3.63, 3.8) is 0 Å². The van der Waals surface area contributed by atoms with Crippen LogP contribution in [-0.4, -0.2) is 45.6 Å². The van der Waals surface area contributed by atoms with Gasteiger partial charge in [0.1, 0.15) is 0 Å². The Morgan fingerprint density at radius 3 is 0.435 bits per heavy atom. The molecule has 0 rings (SSSR count). The fraction of sp³-hybridized carbons (Fsp3) is 0.950. The molecular weight excluding hydrogens is 576 g/mol. The van der Waals surface area contributed by atoms with Crippen molar-refractivity contribution in [2.24, 2.45) is 0 Å². The van der Waals surface area contributed by atoms with Gasteiger partial charge in [0.2, 0.25) is 0 Å². The predicted octanol–water partition coefficient (Wildman–Crippen LogP) is 12.2. The van der Waals surface area contributed by atoms with Gasteiger partial charge in [0, 0.05) is 12.8 Å². The Balaban J connectivity index is 0. The second kappa shape index (κ2) is 43.9. The number of rotatable bonds is 38. The minimum absolute atomic E-state index is 0.125. The molecule has 0 amide bonds. The van der Waals surface area contributed by atoms with Gasteiger partial charge in [-0.2, -0.15) is 0 Å². The highest BCUT2D eigenvalue weighted by atomic mass is 16.4. The summed E-state index contributed by atoms with van der Waals surface area (Å²) < 4.78 is 0. The van der Waals surface area contributed by atoms with E-state index in [0.29, 0.717) is 12.8 Å². The van der Waals surface area contributed by atoms with E-state index in [1.165, 1.54) is 193 Å². The van der Waals surface area contributed by atoms with Crippen molar-refractivity contribution in [1.82, 2.24) is 0 Å². The largest absolute Gasteiger partial charge is 0.481 e. The van der Waals surface area contributed by atoms with Crippen LogP contribution in [0.25, 0.3) is 0 Å². The quantitative estimate of drug-likeness (QED) is 0.0492. The van der Waals surface area contributed by atoms with Gasteiger partial charge < -0.3 is 20.4 Å². The van der Waals surface area contributed by atoms with Crippen LogP contribution in [0.1, 0.15) is 231 Å². The van der Waals surface area contributed by atoms with Crippen LogP contribution in [0.3, 0.4) is 0 Å². The van der Waals surface area contributed by atoms with Crippen molar-refractivity contribution >= 4 is 11.9 Å². The summed E-state index contributed by atoms with van der Waals surface area (Å²) in [4.78, 5) is 21.0. The first-order valence-corrected chi connectivity index (χ1v) is 20.2. The van der Waals surface area contributed by atoms with Crippen molar-refractivity contribution in [3.05, 3.63) is 0 Å². The maximum atomic E-state index is 10.5. The number of carboxylic acids is 2. The molecule has 0 bridgehead atoms. The van der Waals surface area contributed by atoms with Crippen LogP contribution in [0, 0.1) is 0 Å². The SMILES string of the molecule is O=C(O)CCCCCCCCCCCCCCCCCCCCCCCCCCCCCCCCCCCCC(=O)O.OCCO. The second-order valence-electron chi connectivity index (χ2n) is 13.8. The molecule has 0 fully saturated rings. The van der Waals surface area contributed by atoms with Crippen LogP contribution in [0.2, 0.25) is 0 Å². The molecule has 0 aliphatic carbocycles. The summed E-state index contributed by atoms with van der Waals surface area (Å²) >= 11 is 0. The molecule has 4 N–H and O–H groups in total. The predicted molar refractivity (Wildman–Crippen MR) is 196 cm³/mol. The third-order valence-electron chi connectivity index (χ3n) is 9.13. The number of aliphatic carboxylic acids is 2. The Bertz CT molecular complexity index is 532. The topological polar surface area (TPSA) is 115 Å². The highest BCUT2D eigenvalue weighted by molar-refractivity contribution is 5.66. The van der Waals surface area contributed by atoms with E-state index < -0.39 is 11.9 Å². The Morgan fingerprint density at radius 1 is 0.239 bits per heavy atom. The van der Waals surface area contributed by atoms with Gasteiger partial charge in [0.25, 0.3) is 0 Å². The maximum absolute atomic E-state index is 10.5. The lowest BCUT2D eigenvalue weighted by atomic mass is 10.0. The minimum Gasteiger partial charge on any atom is -0.481 e. The molecule has 0 aromatic heterocycles. The summed E-state index contributed by atoms with van der Waals surface area (Å²) in [6.07, 6.45) is 46.4. The molecule has 276 valence electrons. The Morgan fingerprint density at radius 2 is 0.348 bits per heavy atom. The maximum Gasteiger partial charge on any atom is 0.303 e. The molecule has 0 radical (unpaired) electrons. The average molecular weight is 657 g/mol. The molecular formula is C40H80O6. The molecule has 0 aromatic rings. The van der Waals surface area contributed by atoms with Crippen molar-refractivity contribution < 1.29 is 30.0 Å². The molecule has 0 saturated heterocycles. The van der Waals surface area contributed by atoms with Gasteiger partial charge in [0.05, 0.1) is 13.2 Å². The molecule has 6 nitrogen and oxygen atoms in total. The summed E-state index contributed by atoms with van der Waals surface area (Å²) in [5, 5.41) is 32.5. The molecule has 0 aliphatic heterocycles. The van der Waals surface area contributed by atoms with Gasteiger partial charge in [-0.3, -0.25) is 9.59 Å². The lowest BCUT2D eigenvalue weighted by molar-refractivity contribution is -0.138. The standard InChI is InChI=1S/C38H74O4.C2H6O2/c39-37(40)35-33-31-29-27-25-23-21-19-17-15-13-11-9-7-5-3-1-2-4-6-8-10-12-14-16-18-20-22-24-26-28-30-32-34-36-38(41)42;3-1-2-4/h1-36H2,(H,39,40)(H,41,42);3-4H,1-2H2. The van der Waals surface area contributed by atoms with Crippen LogP contribution in [0.5, 0.6) is 0 Å². The first-order valence-electron chi connectivity index (χ1n) is 20.2. The fourth-order valence-corrected chi connectivity index (χ4v) is 6.21. The molecule has 0 heterocycles.